The van der Waals surface area contributed by atoms with Gasteiger partial charge in [-0.25, -0.2) is 4.42 Å². The van der Waals surface area contributed by atoms with Crippen LogP contribution in [-0.4, -0.2) is 126 Å². The van der Waals surface area contributed by atoms with Gasteiger partial charge in [0.15, 0.2) is 0 Å². The molecular weight excluding hydrogens is 600 g/mol. The molecule has 3 aromatic rings. The Bertz CT molecular complexity index is 1390. The lowest BCUT2D eigenvalue weighted by atomic mass is 9.99. The fraction of sp³-hybridized carbons (Fsp3) is 0.444. The molecule has 0 aliphatic carbocycles. The lowest BCUT2D eigenvalue weighted by Crippen LogP contribution is -3.00. The fourth-order valence-corrected chi connectivity index (χ4v) is 4.75. The topological polar surface area (TPSA) is 251 Å². The van der Waals surface area contributed by atoms with Crippen molar-refractivity contribution in [1.82, 2.24) is 0 Å². The van der Waals surface area contributed by atoms with Crippen molar-refractivity contribution in [1.29, 1.82) is 0 Å². The van der Waals surface area contributed by atoms with Crippen LogP contribution in [0.2, 0.25) is 0 Å². The Morgan fingerprint density at radius 2 is 1.14 bits per heavy atom. The molecule has 0 spiro atoms. The third-order valence-corrected chi connectivity index (χ3v) is 7.11. The summed E-state index contributed by atoms with van der Waals surface area (Å²) in [6, 6.07) is 9.41. The summed E-state index contributed by atoms with van der Waals surface area (Å²) in [5, 5.41) is 101. The van der Waals surface area contributed by atoms with Gasteiger partial charge in [0.05, 0.1) is 24.8 Å². The van der Waals surface area contributed by atoms with E-state index in [1.807, 2.05) is 0 Å². The van der Waals surface area contributed by atoms with Gasteiger partial charge in [0.25, 0.3) is 0 Å². The molecule has 16 heteroatoms. The number of ether oxygens (including phenoxy) is 4. The van der Waals surface area contributed by atoms with E-state index >= 15 is 0 Å². The van der Waals surface area contributed by atoms with Crippen LogP contribution in [0.4, 0.5) is 0 Å². The molecular formula is C27H31ClO15. The highest BCUT2D eigenvalue weighted by Crippen LogP contribution is 2.42. The number of aromatic hydroxyl groups is 2. The van der Waals surface area contributed by atoms with E-state index in [0.29, 0.717) is 5.56 Å². The Hall–Kier alpha value is -3.06. The van der Waals surface area contributed by atoms with Gasteiger partial charge in [-0.3, -0.25) is 0 Å². The van der Waals surface area contributed by atoms with Crippen molar-refractivity contribution in [2.24, 2.45) is 0 Å². The molecule has 15 nitrogen and oxygen atoms in total. The van der Waals surface area contributed by atoms with E-state index in [0.717, 1.165) is 6.07 Å². The van der Waals surface area contributed by atoms with E-state index in [2.05, 4.69) is 0 Å². The molecule has 10 N–H and O–H groups in total. The molecule has 0 radical (unpaired) electrons. The molecule has 2 aromatic carbocycles. The van der Waals surface area contributed by atoms with Crippen LogP contribution in [0.25, 0.3) is 22.3 Å². The molecule has 5 rings (SSSR count). The van der Waals surface area contributed by atoms with Gasteiger partial charge < -0.3 is 82.4 Å². The van der Waals surface area contributed by atoms with Crippen LogP contribution in [0, 0.1) is 0 Å². The first-order valence-electron chi connectivity index (χ1n) is 12.9. The summed E-state index contributed by atoms with van der Waals surface area (Å²) in [5.74, 6) is -0.673. The molecule has 2 unspecified atom stereocenters. The van der Waals surface area contributed by atoms with E-state index in [1.165, 1.54) is 36.4 Å². The second kappa shape index (κ2) is 13.3. The summed E-state index contributed by atoms with van der Waals surface area (Å²) in [7, 11) is 0. The Morgan fingerprint density at radius 1 is 0.628 bits per heavy atom. The summed E-state index contributed by atoms with van der Waals surface area (Å²) >= 11 is 0. The SMILES string of the molecule is OC[C@H]1OC(Oc2cc3c(OC4O[C@H](CO)[C@@H](O)[C@H](O)[C@H]4O)cc(O)cc3[o+]c2-c2ccc(O)cc2)[C@H](O)[C@@H](O)[C@@H]1O.[Cl-]. The highest BCUT2D eigenvalue weighted by molar-refractivity contribution is 5.88. The highest BCUT2D eigenvalue weighted by Gasteiger charge is 2.47. The second-order valence-corrected chi connectivity index (χ2v) is 9.97. The maximum atomic E-state index is 10.6. The highest BCUT2D eigenvalue weighted by atomic mass is 35.5. The largest absolute Gasteiger partial charge is 1.00 e. The first kappa shape index (κ1) is 32.8. The van der Waals surface area contributed by atoms with Gasteiger partial charge in [0.1, 0.15) is 71.5 Å². The second-order valence-electron chi connectivity index (χ2n) is 9.97. The minimum atomic E-state index is -1.77. The van der Waals surface area contributed by atoms with Gasteiger partial charge in [-0.05, 0) is 24.3 Å². The van der Waals surface area contributed by atoms with Crippen molar-refractivity contribution in [3.8, 4) is 34.3 Å². The maximum absolute atomic E-state index is 10.6. The molecule has 0 amide bonds. The zero-order chi connectivity index (χ0) is 30.3. The summed E-state index contributed by atoms with van der Waals surface area (Å²) in [6.07, 6.45) is -16.0. The molecule has 2 fully saturated rings. The van der Waals surface area contributed by atoms with Crippen LogP contribution in [0.5, 0.6) is 23.0 Å². The number of benzene rings is 2. The van der Waals surface area contributed by atoms with Crippen molar-refractivity contribution in [2.75, 3.05) is 13.2 Å². The number of halogens is 1. The zero-order valence-corrected chi connectivity index (χ0v) is 22.9. The van der Waals surface area contributed by atoms with E-state index in [-0.39, 0.29) is 52.1 Å². The lowest BCUT2D eigenvalue weighted by Gasteiger charge is -2.39. The van der Waals surface area contributed by atoms with Crippen LogP contribution in [0.15, 0.2) is 46.9 Å². The van der Waals surface area contributed by atoms with Gasteiger partial charge in [0, 0.05) is 12.1 Å². The van der Waals surface area contributed by atoms with Crippen molar-refractivity contribution in [3.05, 3.63) is 42.5 Å². The van der Waals surface area contributed by atoms with Gasteiger partial charge in [-0.1, -0.05) is 0 Å². The van der Waals surface area contributed by atoms with Crippen molar-refractivity contribution in [2.45, 2.75) is 61.4 Å². The number of aliphatic hydroxyl groups is 8. The third kappa shape index (κ3) is 6.43. The monoisotopic (exact) mass is 630 g/mol. The third-order valence-electron chi connectivity index (χ3n) is 7.11. The number of rotatable bonds is 7. The van der Waals surface area contributed by atoms with Crippen LogP contribution >= 0.6 is 0 Å². The van der Waals surface area contributed by atoms with Gasteiger partial charge in [-0.2, -0.15) is 0 Å². The maximum Gasteiger partial charge on any atom is 0.402 e. The molecule has 10 atom stereocenters. The molecule has 0 bridgehead atoms. The quantitative estimate of drug-likeness (QED) is 0.110. The predicted octanol–water partition coefficient (Wildman–Crippen LogP) is -4.85. The van der Waals surface area contributed by atoms with E-state index in [4.69, 9.17) is 23.4 Å². The summed E-state index contributed by atoms with van der Waals surface area (Å²) < 4.78 is 28.6. The predicted molar refractivity (Wildman–Crippen MR) is 138 cm³/mol. The van der Waals surface area contributed by atoms with Crippen molar-refractivity contribution >= 4 is 11.0 Å². The van der Waals surface area contributed by atoms with Gasteiger partial charge >= 0.3 is 11.3 Å². The zero-order valence-electron chi connectivity index (χ0n) is 22.1. The average molecular weight is 631 g/mol. The van der Waals surface area contributed by atoms with Crippen LogP contribution in [-0.2, 0) is 9.47 Å². The van der Waals surface area contributed by atoms with Gasteiger partial charge in [-0.15, -0.1) is 0 Å². The van der Waals surface area contributed by atoms with E-state index in [1.54, 1.807) is 0 Å². The number of phenolic OH excluding ortho intramolecular Hbond substituents is 2. The smallest absolute Gasteiger partial charge is 0.402 e. The minimum absolute atomic E-state index is 0. The normalized spacial score (nSPS) is 32.7. The number of hydrogen-bond donors (Lipinski definition) is 10. The molecule has 3 heterocycles. The minimum Gasteiger partial charge on any atom is -1.00 e. The Labute approximate surface area is 249 Å². The van der Waals surface area contributed by atoms with Crippen LogP contribution in [0.3, 0.4) is 0 Å². The number of aliphatic hydroxyl groups excluding tert-OH is 8. The molecule has 236 valence electrons. The molecule has 1 aromatic heterocycles. The average Bonchev–Trinajstić information content (AvgIpc) is 2.98. The number of phenols is 2. The number of hydrogen-bond acceptors (Lipinski definition) is 14. The summed E-state index contributed by atoms with van der Waals surface area (Å²) in [6.45, 7) is -1.40. The first-order valence-corrected chi connectivity index (χ1v) is 12.9. The summed E-state index contributed by atoms with van der Waals surface area (Å²) in [5.41, 5.74) is 0.368. The van der Waals surface area contributed by atoms with Crippen molar-refractivity contribution in [3.63, 3.8) is 0 Å². The first-order chi connectivity index (χ1) is 20.0. The molecule has 2 aliphatic heterocycles. The molecule has 2 saturated heterocycles. The lowest BCUT2D eigenvalue weighted by molar-refractivity contribution is -0.277. The van der Waals surface area contributed by atoms with Gasteiger partial charge in [0.2, 0.25) is 18.3 Å². The Morgan fingerprint density at radius 3 is 1.65 bits per heavy atom. The van der Waals surface area contributed by atoms with Crippen molar-refractivity contribution < 1.29 is 86.8 Å². The molecule has 2 aliphatic rings. The molecule has 0 saturated carbocycles. The fourth-order valence-electron chi connectivity index (χ4n) is 4.75. The standard InChI is InChI=1S/C27H30O15.ClH/c28-8-17-19(32)21(34)23(36)26(41-17)39-15-6-12(31)5-14-13(15)7-16(25(38-14)10-1-3-11(30)4-2-10)40-27-24(37)22(35)20(33)18(9-29)42-27;/h1-7,17-24,26-29,32-37H,8-9H2,(H-,30,31);1H/t17-,18-,19-,20-,21+,22+,23-,24-,26?,27?;/m1./s1. The number of fused-ring (bicyclic) bond motifs is 1. The molecule has 43 heavy (non-hydrogen) atoms. The van der Waals surface area contributed by atoms with Crippen LogP contribution < -0.4 is 21.9 Å². The van der Waals surface area contributed by atoms with E-state index < -0.39 is 74.6 Å². The Balaban J connectivity index is 0.00000423. The van der Waals surface area contributed by atoms with E-state index in [9.17, 15) is 51.1 Å². The van der Waals surface area contributed by atoms with Crippen LogP contribution in [0.1, 0.15) is 0 Å². The summed E-state index contributed by atoms with van der Waals surface area (Å²) in [4.78, 5) is 0. The Kier molecular flexibility index (Phi) is 10.2.